The van der Waals surface area contributed by atoms with Crippen LogP contribution in [0.25, 0.3) is 0 Å². The summed E-state index contributed by atoms with van der Waals surface area (Å²) in [5.74, 6) is 0.484. The molecule has 1 unspecified atom stereocenters. The van der Waals surface area contributed by atoms with Crippen molar-refractivity contribution in [3.63, 3.8) is 0 Å². The molecule has 0 saturated carbocycles. The molecule has 3 rings (SSSR count). The summed E-state index contributed by atoms with van der Waals surface area (Å²) in [6.07, 6.45) is 7.16. The zero-order chi connectivity index (χ0) is 14.0. The lowest BCUT2D eigenvalue weighted by atomic mass is 9.80. The first kappa shape index (κ1) is 13.3. The maximum atomic E-state index is 11.2. The first-order chi connectivity index (χ1) is 9.66. The lowest BCUT2D eigenvalue weighted by molar-refractivity contribution is 0.109. The quantitative estimate of drug-likeness (QED) is 0.898. The Morgan fingerprint density at radius 2 is 2.10 bits per heavy atom. The molecule has 0 aromatic carbocycles. The summed E-state index contributed by atoms with van der Waals surface area (Å²) in [7, 11) is 0. The molecule has 1 atom stereocenters. The zero-order valence-corrected chi connectivity index (χ0v) is 11.7. The van der Waals surface area contributed by atoms with Gasteiger partial charge < -0.3 is 10.1 Å². The average molecular weight is 276 g/mol. The number of aromatic nitrogens is 2. The number of likely N-dealkylation sites (tertiary alicyclic amines) is 1. The van der Waals surface area contributed by atoms with Crippen molar-refractivity contribution in [3.8, 4) is 0 Å². The molecule has 2 aliphatic rings. The number of carbonyl (C=O) groups is 1. The summed E-state index contributed by atoms with van der Waals surface area (Å²) in [5, 5.41) is 2.96. The molecule has 2 aliphatic heterocycles. The lowest BCUT2D eigenvalue weighted by Crippen LogP contribution is -2.51. The number of nitrogens with zero attached hydrogens (tertiary/aromatic N) is 3. The Labute approximate surface area is 118 Å². The van der Waals surface area contributed by atoms with Crippen LogP contribution in [0.15, 0.2) is 18.7 Å². The van der Waals surface area contributed by atoms with Gasteiger partial charge in [0.1, 0.15) is 12.9 Å². The van der Waals surface area contributed by atoms with Crippen LogP contribution in [-0.2, 0) is 11.3 Å². The van der Waals surface area contributed by atoms with Gasteiger partial charge in [0, 0.05) is 24.5 Å². The maximum absolute atomic E-state index is 11.2. The molecule has 108 valence electrons. The van der Waals surface area contributed by atoms with Crippen molar-refractivity contribution in [1.29, 1.82) is 0 Å². The van der Waals surface area contributed by atoms with E-state index in [1.807, 2.05) is 12.4 Å². The molecule has 1 amide bonds. The zero-order valence-electron chi connectivity index (χ0n) is 11.7. The smallest absolute Gasteiger partial charge is 0.407 e. The van der Waals surface area contributed by atoms with E-state index in [1.165, 1.54) is 0 Å². The largest absolute Gasteiger partial charge is 0.447 e. The van der Waals surface area contributed by atoms with Crippen LogP contribution in [0.1, 0.15) is 25.3 Å². The van der Waals surface area contributed by atoms with E-state index in [-0.39, 0.29) is 11.6 Å². The standard InChI is InChI=1S/C14H20N4O2/c1-14(9-20-13(19)17-14)12-2-4-18(5-3-12)8-11-6-15-10-16-7-11/h6-7,10,12H,2-5,8-9H2,1H3,(H,17,19). The van der Waals surface area contributed by atoms with E-state index >= 15 is 0 Å². The fourth-order valence-electron chi connectivity index (χ4n) is 3.14. The Kier molecular flexibility index (Phi) is 3.56. The fraction of sp³-hybridized carbons (Fsp3) is 0.643. The second-order valence-electron chi connectivity index (χ2n) is 5.92. The molecule has 0 spiro atoms. The van der Waals surface area contributed by atoms with Crippen LogP contribution in [-0.4, -0.2) is 46.2 Å². The van der Waals surface area contributed by atoms with E-state index in [0.29, 0.717) is 12.5 Å². The number of nitrogens with one attached hydrogen (secondary N) is 1. The molecule has 6 nitrogen and oxygen atoms in total. The fourth-order valence-corrected chi connectivity index (χ4v) is 3.14. The molecular weight excluding hydrogens is 256 g/mol. The summed E-state index contributed by atoms with van der Waals surface area (Å²) < 4.78 is 5.06. The van der Waals surface area contributed by atoms with Crippen LogP contribution in [0.5, 0.6) is 0 Å². The molecule has 20 heavy (non-hydrogen) atoms. The lowest BCUT2D eigenvalue weighted by Gasteiger charge is -2.39. The molecule has 1 N–H and O–H groups in total. The van der Waals surface area contributed by atoms with Gasteiger partial charge in [0.2, 0.25) is 0 Å². The van der Waals surface area contributed by atoms with E-state index in [1.54, 1.807) is 6.33 Å². The number of piperidine rings is 1. The molecular formula is C14H20N4O2. The highest BCUT2D eigenvalue weighted by Gasteiger charge is 2.42. The normalized spacial score (nSPS) is 28.1. The van der Waals surface area contributed by atoms with Gasteiger partial charge in [0.25, 0.3) is 0 Å². The second kappa shape index (κ2) is 5.36. The molecule has 1 aromatic heterocycles. The topological polar surface area (TPSA) is 67.3 Å². The predicted octanol–water partition coefficient (Wildman–Crippen LogP) is 1.19. The highest BCUT2D eigenvalue weighted by atomic mass is 16.6. The molecule has 1 aromatic rings. The van der Waals surface area contributed by atoms with Gasteiger partial charge >= 0.3 is 6.09 Å². The van der Waals surface area contributed by atoms with E-state index in [4.69, 9.17) is 4.74 Å². The Morgan fingerprint density at radius 1 is 1.40 bits per heavy atom. The van der Waals surface area contributed by atoms with E-state index in [9.17, 15) is 4.79 Å². The number of rotatable bonds is 3. The van der Waals surface area contributed by atoms with Crippen molar-refractivity contribution in [3.05, 3.63) is 24.3 Å². The minimum Gasteiger partial charge on any atom is -0.447 e. The van der Waals surface area contributed by atoms with E-state index < -0.39 is 0 Å². The van der Waals surface area contributed by atoms with Crippen LogP contribution < -0.4 is 5.32 Å². The summed E-state index contributed by atoms with van der Waals surface area (Å²) >= 11 is 0. The van der Waals surface area contributed by atoms with Gasteiger partial charge in [-0.1, -0.05) is 0 Å². The van der Waals surface area contributed by atoms with Crippen LogP contribution in [0.4, 0.5) is 4.79 Å². The van der Waals surface area contributed by atoms with Gasteiger partial charge in [0.15, 0.2) is 0 Å². The van der Waals surface area contributed by atoms with E-state index in [2.05, 4.69) is 27.1 Å². The first-order valence-corrected chi connectivity index (χ1v) is 7.07. The molecule has 0 bridgehead atoms. The van der Waals surface area contributed by atoms with Crippen molar-refractivity contribution in [2.24, 2.45) is 5.92 Å². The Balaban J connectivity index is 1.53. The van der Waals surface area contributed by atoms with Crippen LogP contribution in [0.3, 0.4) is 0 Å². The third-order valence-corrected chi connectivity index (χ3v) is 4.40. The first-order valence-electron chi connectivity index (χ1n) is 7.07. The second-order valence-corrected chi connectivity index (χ2v) is 5.92. The minimum absolute atomic E-state index is 0.195. The van der Waals surface area contributed by atoms with E-state index in [0.717, 1.165) is 38.0 Å². The molecule has 6 heteroatoms. The van der Waals surface area contributed by atoms with Crippen LogP contribution in [0.2, 0.25) is 0 Å². The van der Waals surface area contributed by atoms with Crippen LogP contribution in [0, 0.1) is 5.92 Å². The highest BCUT2D eigenvalue weighted by molar-refractivity contribution is 5.70. The highest BCUT2D eigenvalue weighted by Crippen LogP contribution is 2.31. The predicted molar refractivity (Wildman–Crippen MR) is 72.9 cm³/mol. The monoisotopic (exact) mass is 276 g/mol. The van der Waals surface area contributed by atoms with Crippen LogP contribution >= 0.6 is 0 Å². The summed E-state index contributed by atoms with van der Waals surface area (Å²) in [4.78, 5) is 21.8. The number of carbonyl (C=O) groups excluding carboxylic acids is 1. The maximum Gasteiger partial charge on any atom is 0.407 e. The molecule has 2 saturated heterocycles. The number of hydrogen-bond acceptors (Lipinski definition) is 5. The minimum atomic E-state index is -0.281. The van der Waals surface area contributed by atoms with Gasteiger partial charge in [-0.15, -0.1) is 0 Å². The van der Waals surface area contributed by atoms with Crippen molar-refractivity contribution in [1.82, 2.24) is 20.2 Å². The molecule has 2 fully saturated rings. The Bertz CT molecular complexity index is 473. The number of hydrogen-bond donors (Lipinski definition) is 1. The van der Waals surface area contributed by atoms with Gasteiger partial charge in [-0.05, 0) is 38.8 Å². The third-order valence-electron chi connectivity index (χ3n) is 4.40. The SMILES string of the molecule is CC1(C2CCN(Cc3cncnc3)CC2)COC(=O)N1. The molecule has 0 aliphatic carbocycles. The Hall–Kier alpha value is -1.69. The van der Waals surface area contributed by atoms with Crippen molar-refractivity contribution < 1.29 is 9.53 Å². The molecule has 3 heterocycles. The average Bonchev–Trinajstić information content (AvgIpc) is 2.81. The Morgan fingerprint density at radius 3 is 2.70 bits per heavy atom. The summed E-state index contributed by atoms with van der Waals surface area (Å²) in [6.45, 7) is 5.54. The summed E-state index contributed by atoms with van der Waals surface area (Å²) in [5.41, 5.74) is 0.952. The van der Waals surface area contributed by atoms with Gasteiger partial charge in [-0.3, -0.25) is 4.90 Å². The summed E-state index contributed by atoms with van der Waals surface area (Å²) in [6, 6.07) is 0. The van der Waals surface area contributed by atoms with Gasteiger partial charge in [-0.2, -0.15) is 0 Å². The van der Waals surface area contributed by atoms with Crippen molar-refractivity contribution >= 4 is 6.09 Å². The van der Waals surface area contributed by atoms with Gasteiger partial charge in [0.05, 0.1) is 5.54 Å². The van der Waals surface area contributed by atoms with Crippen molar-refractivity contribution in [2.75, 3.05) is 19.7 Å². The number of amides is 1. The van der Waals surface area contributed by atoms with Crippen molar-refractivity contribution in [2.45, 2.75) is 31.8 Å². The number of cyclic esters (lactones) is 1. The molecule has 0 radical (unpaired) electrons. The third kappa shape index (κ3) is 2.75. The number of alkyl carbamates (subject to hydrolysis) is 1. The number of ether oxygens (including phenoxy) is 1. The van der Waals surface area contributed by atoms with Gasteiger partial charge in [-0.25, -0.2) is 14.8 Å².